The fourth-order valence-electron chi connectivity index (χ4n) is 10.6. The third-order valence-electron chi connectivity index (χ3n) is 12.1. The number of para-hydroxylation sites is 1. The summed E-state index contributed by atoms with van der Waals surface area (Å²) in [5, 5.41) is 4.05. The van der Waals surface area contributed by atoms with E-state index >= 15 is 0 Å². The fraction of sp³-hybridized carbons (Fsp3) is 0.812. The fourth-order valence-corrected chi connectivity index (χ4v) is 12.2. The number of anilines is 1. The first-order valence-corrected chi connectivity index (χ1v) is 15.6. The third-order valence-corrected chi connectivity index (χ3v) is 13.4. The molecule has 4 fully saturated rings. The molecule has 4 saturated carbocycles. The molecule has 9 atom stereocenters. The number of fused-ring (bicyclic) bond motifs is 6. The number of hydrogen-bond donors (Lipinski definition) is 1. The number of benzene rings is 1. The van der Waals surface area contributed by atoms with Crippen molar-refractivity contribution in [2.75, 3.05) is 5.32 Å². The van der Waals surface area contributed by atoms with Gasteiger partial charge in [0.2, 0.25) is 0 Å². The van der Waals surface area contributed by atoms with Crippen LogP contribution < -0.4 is 5.32 Å². The van der Waals surface area contributed by atoms with Crippen LogP contribution in [0.4, 0.5) is 5.69 Å². The first-order chi connectivity index (χ1) is 16.2. The summed E-state index contributed by atoms with van der Waals surface area (Å²) in [5.41, 5.74) is 2.55. The summed E-state index contributed by atoms with van der Waals surface area (Å²) in [6, 6.07) is 9.06. The maximum Gasteiger partial charge on any atom is 0.0889 e. The Morgan fingerprint density at radius 3 is 2.53 bits per heavy atom. The van der Waals surface area contributed by atoms with Gasteiger partial charge in [0.15, 0.2) is 0 Å². The van der Waals surface area contributed by atoms with Crippen molar-refractivity contribution >= 4 is 17.4 Å². The molecule has 0 radical (unpaired) electrons. The van der Waals surface area contributed by atoms with Crippen molar-refractivity contribution in [2.24, 2.45) is 52.3 Å². The Balaban J connectivity index is 1.18. The van der Waals surface area contributed by atoms with Crippen molar-refractivity contribution in [3.05, 3.63) is 24.3 Å². The van der Waals surface area contributed by atoms with Gasteiger partial charge in [0.25, 0.3) is 0 Å². The topological polar surface area (TPSA) is 12.0 Å². The Kier molecular flexibility index (Phi) is 5.91. The predicted molar refractivity (Wildman–Crippen MR) is 147 cm³/mol. The van der Waals surface area contributed by atoms with Crippen molar-refractivity contribution in [1.29, 1.82) is 0 Å². The van der Waals surface area contributed by atoms with E-state index in [0.717, 1.165) is 41.4 Å². The zero-order valence-electron chi connectivity index (χ0n) is 22.5. The summed E-state index contributed by atoms with van der Waals surface area (Å²) in [6.07, 6.45) is 16.1. The third kappa shape index (κ3) is 3.62. The highest BCUT2D eigenvalue weighted by atomic mass is 32.2. The molecule has 1 N–H and O–H groups in total. The van der Waals surface area contributed by atoms with E-state index in [0.29, 0.717) is 10.8 Å². The van der Waals surface area contributed by atoms with Gasteiger partial charge in [0, 0.05) is 10.6 Å². The van der Waals surface area contributed by atoms with Gasteiger partial charge >= 0.3 is 0 Å². The molecule has 1 aliphatic heterocycles. The molecule has 1 aromatic carbocycles. The van der Waals surface area contributed by atoms with Gasteiger partial charge in [0.1, 0.15) is 0 Å². The second-order valence-electron chi connectivity index (χ2n) is 14.3. The molecule has 5 aliphatic rings. The lowest BCUT2D eigenvalue weighted by Gasteiger charge is -2.58. The van der Waals surface area contributed by atoms with Crippen LogP contribution in [0.2, 0.25) is 0 Å². The van der Waals surface area contributed by atoms with Crippen LogP contribution in [-0.2, 0) is 0 Å². The van der Waals surface area contributed by atoms with Crippen LogP contribution in [0.3, 0.4) is 0 Å². The highest BCUT2D eigenvalue weighted by Crippen LogP contribution is 2.72. The normalized spacial score (nSPS) is 45.5. The van der Waals surface area contributed by atoms with Gasteiger partial charge in [-0.05, 0) is 116 Å². The molecule has 188 valence electrons. The van der Waals surface area contributed by atoms with E-state index in [1.165, 1.54) is 81.2 Å². The predicted octanol–water partition coefficient (Wildman–Crippen LogP) is 9.63. The molecule has 4 aliphatic carbocycles. The minimum Gasteiger partial charge on any atom is -0.369 e. The SMILES string of the molecule is CC(C)CCCC(C)C1CCC2C3CCC4CC5(CC4(C)C3CCC12C)Nc1ccccc1S5. The van der Waals surface area contributed by atoms with Gasteiger partial charge in [-0.2, -0.15) is 0 Å². The van der Waals surface area contributed by atoms with Gasteiger partial charge < -0.3 is 5.32 Å². The lowest BCUT2D eigenvalue weighted by Crippen LogP contribution is -2.51. The molecule has 1 spiro atoms. The molecule has 0 saturated heterocycles. The van der Waals surface area contributed by atoms with E-state index in [-0.39, 0.29) is 4.87 Å². The monoisotopic (exact) mass is 479 g/mol. The molecular weight excluding hydrogens is 430 g/mol. The highest BCUT2D eigenvalue weighted by Gasteiger charge is 2.64. The minimum absolute atomic E-state index is 0.266. The Morgan fingerprint density at radius 2 is 1.74 bits per heavy atom. The summed E-state index contributed by atoms with van der Waals surface area (Å²) >= 11 is 2.17. The van der Waals surface area contributed by atoms with E-state index in [2.05, 4.69) is 76.0 Å². The van der Waals surface area contributed by atoms with Gasteiger partial charge in [-0.25, -0.2) is 0 Å². The van der Waals surface area contributed by atoms with E-state index < -0.39 is 0 Å². The van der Waals surface area contributed by atoms with E-state index in [1.807, 2.05) is 0 Å². The Morgan fingerprint density at radius 1 is 0.941 bits per heavy atom. The zero-order chi connectivity index (χ0) is 23.7. The largest absolute Gasteiger partial charge is 0.369 e. The van der Waals surface area contributed by atoms with Crippen molar-refractivity contribution < 1.29 is 0 Å². The van der Waals surface area contributed by atoms with Crippen molar-refractivity contribution in [3.63, 3.8) is 0 Å². The summed E-state index contributed by atoms with van der Waals surface area (Å²) in [7, 11) is 0. The van der Waals surface area contributed by atoms with Crippen LogP contribution in [0.1, 0.15) is 105 Å². The molecule has 9 unspecified atom stereocenters. The molecule has 1 nitrogen and oxygen atoms in total. The van der Waals surface area contributed by atoms with Crippen LogP contribution in [0.5, 0.6) is 0 Å². The number of hydrogen-bond acceptors (Lipinski definition) is 2. The molecule has 6 rings (SSSR count). The molecule has 2 heteroatoms. The van der Waals surface area contributed by atoms with E-state index in [4.69, 9.17) is 0 Å². The second-order valence-corrected chi connectivity index (χ2v) is 15.7. The first-order valence-electron chi connectivity index (χ1n) is 14.8. The standard InChI is InChI=1S/C32H49NS/c1-21(2)9-8-10-22(3)25-15-16-26-24-14-13-23-19-32(33-28-11-6-7-12-29(28)34-32)20-31(23,5)27(24)17-18-30(25,26)4/h6-7,11-12,21-27,33H,8-10,13-20H2,1-5H3. The van der Waals surface area contributed by atoms with Crippen LogP contribution in [0.15, 0.2) is 29.2 Å². The smallest absolute Gasteiger partial charge is 0.0889 e. The summed E-state index contributed by atoms with van der Waals surface area (Å²) in [4.78, 5) is 1.75. The Labute approximate surface area is 214 Å². The average Bonchev–Trinajstić information content (AvgIpc) is 3.41. The first kappa shape index (κ1) is 23.7. The molecular formula is C32H49NS. The highest BCUT2D eigenvalue weighted by molar-refractivity contribution is 8.01. The lowest BCUT2D eigenvalue weighted by atomic mass is 9.47. The zero-order valence-corrected chi connectivity index (χ0v) is 23.4. The van der Waals surface area contributed by atoms with E-state index in [1.54, 1.807) is 0 Å². The molecule has 1 heterocycles. The maximum absolute atomic E-state index is 4.05. The van der Waals surface area contributed by atoms with Gasteiger partial charge in [-0.3, -0.25) is 0 Å². The molecule has 34 heavy (non-hydrogen) atoms. The summed E-state index contributed by atoms with van der Waals surface area (Å²) in [6.45, 7) is 12.9. The molecule has 0 aromatic heterocycles. The summed E-state index contributed by atoms with van der Waals surface area (Å²) < 4.78 is 0. The molecule has 0 amide bonds. The van der Waals surface area contributed by atoms with Gasteiger partial charge in [-0.15, -0.1) is 0 Å². The number of thioether (sulfide) groups is 1. The average molecular weight is 480 g/mol. The van der Waals surface area contributed by atoms with Gasteiger partial charge in [-0.1, -0.05) is 77.8 Å². The minimum atomic E-state index is 0.266. The summed E-state index contributed by atoms with van der Waals surface area (Å²) in [5.74, 6) is 6.64. The number of nitrogens with one attached hydrogen (secondary N) is 1. The van der Waals surface area contributed by atoms with Crippen LogP contribution in [0.25, 0.3) is 0 Å². The Bertz CT molecular complexity index is 883. The second kappa shape index (κ2) is 8.46. The van der Waals surface area contributed by atoms with Crippen LogP contribution in [-0.4, -0.2) is 4.87 Å². The van der Waals surface area contributed by atoms with Crippen LogP contribution in [0, 0.1) is 52.3 Å². The number of rotatable bonds is 5. The molecule has 0 bridgehead atoms. The van der Waals surface area contributed by atoms with Gasteiger partial charge in [0.05, 0.1) is 4.87 Å². The maximum atomic E-state index is 4.05. The Hall–Kier alpha value is -0.630. The van der Waals surface area contributed by atoms with Crippen LogP contribution >= 0.6 is 11.8 Å². The van der Waals surface area contributed by atoms with Crippen molar-refractivity contribution in [1.82, 2.24) is 0 Å². The van der Waals surface area contributed by atoms with Crippen molar-refractivity contribution in [3.8, 4) is 0 Å². The van der Waals surface area contributed by atoms with Crippen molar-refractivity contribution in [2.45, 2.75) is 115 Å². The quantitative estimate of drug-likeness (QED) is 0.451. The lowest BCUT2D eigenvalue weighted by molar-refractivity contribution is -0.0903. The molecule has 1 aromatic rings. The van der Waals surface area contributed by atoms with E-state index in [9.17, 15) is 0 Å².